The average molecular weight is 433 g/mol. The first-order valence-electron chi connectivity index (χ1n) is 10.2. The van der Waals surface area contributed by atoms with Crippen LogP contribution in [0.3, 0.4) is 0 Å². The maximum atomic E-state index is 12.7. The molecule has 2 aromatic heterocycles. The maximum absolute atomic E-state index is 12.7. The zero-order chi connectivity index (χ0) is 22.7. The van der Waals surface area contributed by atoms with E-state index < -0.39 is 0 Å². The number of benzene rings is 2. The fourth-order valence-electron chi connectivity index (χ4n) is 3.23. The van der Waals surface area contributed by atoms with Gasteiger partial charge in [0, 0.05) is 17.7 Å². The molecule has 0 unspecified atom stereocenters. The van der Waals surface area contributed by atoms with Gasteiger partial charge in [0.15, 0.2) is 5.65 Å². The SMILES string of the molecule is CCOc1ccc(C(=O)Nc2cc(C)ccc2OCc2cc(=O)n3oc(C)cc3n2)cc1. The van der Waals surface area contributed by atoms with Crippen molar-refractivity contribution in [3.8, 4) is 11.5 Å². The molecular formula is C24H23N3O5. The van der Waals surface area contributed by atoms with E-state index in [1.807, 2.05) is 26.0 Å². The second-order valence-corrected chi connectivity index (χ2v) is 7.28. The van der Waals surface area contributed by atoms with Gasteiger partial charge in [-0.2, -0.15) is 0 Å². The third-order valence-electron chi connectivity index (χ3n) is 4.71. The summed E-state index contributed by atoms with van der Waals surface area (Å²) >= 11 is 0. The number of amides is 1. The minimum Gasteiger partial charge on any atom is -0.494 e. The minimum atomic E-state index is -0.324. The van der Waals surface area contributed by atoms with Crippen LogP contribution in [-0.4, -0.2) is 22.1 Å². The predicted molar refractivity (Wildman–Crippen MR) is 120 cm³/mol. The van der Waals surface area contributed by atoms with Crippen molar-refractivity contribution < 1.29 is 18.8 Å². The topological polar surface area (TPSA) is 95.1 Å². The number of hydrogen-bond acceptors (Lipinski definition) is 6. The lowest BCUT2D eigenvalue weighted by Crippen LogP contribution is -2.15. The molecule has 2 aromatic carbocycles. The number of carbonyl (C=O) groups excluding carboxylic acids is 1. The lowest BCUT2D eigenvalue weighted by molar-refractivity contribution is 0.102. The first-order valence-corrected chi connectivity index (χ1v) is 10.2. The molecule has 0 aliphatic heterocycles. The minimum absolute atomic E-state index is 0.0605. The average Bonchev–Trinajstić information content (AvgIpc) is 3.15. The van der Waals surface area contributed by atoms with Crippen LogP contribution in [0.2, 0.25) is 0 Å². The van der Waals surface area contributed by atoms with Gasteiger partial charge in [0.2, 0.25) is 0 Å². The molecule has 1 amide bonds. The van der Waals surface area contributed by atoms with E-state index in [0.29, 0.717) is 46.5 Å². The molecule has 164 valence electrons. The summed E-state index contributed by atoms with van der Waals surface area (Å²) in [6.07, 6.45) is 0. The molecule has 8 heteroatoms. The fraction of sp³-hybridized carbons (Fsp3) is 0.208. The molecule has 1 N–H and O–H groups in total. The maximum Gasteiger partial charge on any atom is 0.287 e. The van der Waals surface area contributed by atoms with Crippen molar-refractivity contribution in [1.82, 2.24) is 9.56 Å². The van der Waals surface area contributed by atoms with Crippen molar-refractivity contribution in [2.75, 3.05) is 11.9 Å². The number of nitrogens with zero attached hydrogens (tertiary/aromatic N) is 2. The van der Waals surface area contributed by atoms with E-state index in [-0.39, 0.29) is 18.1 Å². The molecule has 8 nitrogen and oxygen atoms in total. The normalized spacial score (nSPS) is 10.8. The van der Waals surface area contributed by atoms with Gasteiger partial charge >= 0.3 is 0 Å². The number of nitrogens with one attached hydrogen (secondary N) is 1. The van der Waals surface area contributed by atoms with Crippen molar-refractivity contribution in [1.29, 1.82) is 0 Å². The lowest BCUT2D eigenvalue weighted by atomic mass is 10.1. The molecule has 0 fully saturated rings. The Morgan fingerprint density at radius 1 is 1.06 bits per heavy atom. The highest BCUT2D eigenvalue weighted by molar-refractivity contribution is 6.05. The van der Waals surface area contributed by atoms with Crippen LogP contribution in [-0.2, 0) is 6.61 Å². The Bertz CT molecular complexity index is 1320. The Hall–Kier alpha value is -4.07. The Labute approximate surface area is 184 Å². The molecule has 0 saturated heterocycles. The number of anilines is 1. The van der Waals surface area contributed by atoms with Crippen molar-refractivity contribution >= 4 is 17.2 Å². The second-order valence-electron chi connectivity index (χ2n) is 7.28. The number of rotatable bonds is 7. The largest absolute Gasteiger partial charge is 0.494 e. The van der Waals surface area contributed by atoms with E-state index >= 15 is 0 Å². The zero-order valence-electron chi connectivity index (χ0n) is 18.0. The number of fused-ring (bicyclic) bond motifs is 1. The predicted octanol–water partition coefficient (Wildman–Crippen LogP) is 4.13. The molecule has 0 bridgehead atoms. The summed E-state index contributed by atoms with van der Waals surface area (Å²) in [4.78, 5) is 29.3. The van der Waals surface area contributed by atoms with E-state index in [1.54, 1.807) is 43.3 Å². The highest BCUT2D eigenvalue weighted by Gasteiger charge is 2.13. The van der Waals surface area contributed by atoms with E-state index in [1.165, 1.54) is 6.07 Å². The Morgan fingerprint density at radius 2 is 1.84 bits per heavy atom. The van der Waals surface area contributed by atoms with Gasteiger partial charge in [-0.05, 0) is 62.7 Å². The number of ether oxygens (including phenoxy) is 2. The molecule has 4 aromatic rings. The van der Waals surface area contributed by atoms with E-state index in [9.17, 15) is 9.59 Å². The number of aryl methyl sites for hydroxylation is 2. The van der Waals surface area contributed by atoms with Gasteiger partial charge in [-0.1, -0.05) is 6.07 Å². The molecule has 0 spiro atoms. The highest BCUT2D eigenvalue weighted by Crippen LogP contribution is 2.27. The summed E-state index contributed by atoms with van der Waals surface area (Å²) in [5.41, 5.74) is 2.54. The third-order valence-corrected chi connectivity index (χ3v) is 4.71. The summed E-state index contributed by atoms with van der Waals surface area (Å²) in [7, 11) is 0. The molecule has 2 heterocycles. The molecule has 0 radical (unpaired) electrons. The standard InChI is InChI=1S/C24H23N3O5/c1-4-30-19-8-6-17(7-9-19)24(29)26-20-11-15(2)5-10-21(20)31-14-18-13-23(28)27-22(25-18)12-16(3)32-27/h5-13H,4,14H2,1-3H3,(H,26,29). The first kappa shape index (κ1) is 21.2. The van der Waals surface area contributed by atoms with Crippen LogP contribution in [0.15, 0.2) is 63.9 Å². The van der Waals surface area contributed by atoms with Crippen LogP contribution in [0.25, 0.3) is 5.65 Å². The van der Waals surface area contributed by atoms with E-state index in [2.05, 4.69) is 10.3 Å². The molecule has 0 saturated carbocycles. The molecule has 0 atom stereocenters. The second kappa shape index (κ2) is 8.97. The van der Waals surface area contributed by atoms with Gasteiger partial charge in [0.25, 0.3) is 11.5 Å². The first-order chi connectivity index (χ1) is 15.4. The van der Waals surface area contributed by atoms with Crippen molar-refractivity contribution in [2.45, 2.75) is 27.4 Å². The van der Waals surface area contributed by atoms with Crippen LogP contribution in [0.5, 0.6) is 11.5 Å². The van der Waals surface area contributed by atoms with Crippen molar-refractivity contribution in [3.63, 3.8) is 0 Å². The highest BCUT2D eigenvalue weighted by atomic mass is 16.5. The monoisotopic (exact) mass is 433 g/mol. The van der Waals surface area contributed by atoms with Crippen LogP contribution < -0.4 is 20.3 Å². The Kier molecular flexibility index (Phi) is 5.93. The van der Waals surface area contributed by atoms with Crippen LogP contribution in [0.4, 0.5) is 5.69 Å². The van der Waals surface area contributed by atoms with Crippen molar-refractivity contribution in [2.24, 2.45) is 0 Å². The van der Waals surface area contributed by atoms with Gasteiger partial charge in [0.1, 0.15) is 23.9 Å². The van der Waals surface area contributed by atoms with Crippen molar-refractivity contribution in [3.05, 3.63) is 87.5 Å². The molecule has 0 aliphatic carbocycles. The molecule has 4 rings (SSSR count). The van der Waals surface area contributed by atoms with E-state index in [4.69, 9.17) is 14.0 Å². The number of carbonyl (C=O) groups is 1. The van der Waals surface area contributed by atoms with Gasteiger partial charge in [-0.25, -0.2) is 4.98 Å². The number of aromatic nitrogens is 2. The van der Waals surface area contributed by atoms with Gasteiger partial charge < -0.3 is 19.3 Å². The third kappa shape index (κ3) is 4.64. The van der Waals surface area contributed by atoms with Gasteiger partial charge in [-0.15, -0.1) is 4.57 Å². The zero-order valence-corrected chi connectivity index (χ0v) is 18.0. The summed E-state index contributed by atoms with van der Waals surface area (Å²) in [5.74, 6) is 1.50. The smallest absolute Gasteiger partial charge is 0.287 e. The van der Waals surface area contributed by atoms with Crippen LogP contribution in [0, 0.1) is 13.8 Å². The summed E-state index contributed by atoms with van der Waals surface area (Å²) in [6.45, 7) is 6.19. The lowest BCUT2D eigenvalue weighted by Gasteiger charge is -2.13. The Balaban J connectivity index is 1.52. The Morgan fingerprint density at radius 3 is 2.59 bits per heavy atom. The summed E-state index contributed by atoms with van der Waals surface area (Å²) in [5, 5.41) is 2.89. The summed E-state index contributed by atoms with van der Waals surface area (Å²) < 4.78 is 17.8. The van der Waals surface area contributed by atoms with Gasteiger partial charge in [0.05, 0.1) is 18.0 Å². The summed E-state index contributed by atoms with van der Waals surface area (Å²) in [6, 6.07) is 15.4. The quantitative estimate of drug-likeness (QED) is 0.471. The van der Waals surface area contributed by atoms with E-state index in [0.717, 1.165) is 10.1 Å². The van der Waals surface area contributed by atoms with Crippen LogP contribution >= 0.6 is 0 Å². The molecular weight excluding hydrogens is 410 g/mol. The molecule has 32 heavy (non-hydrogen) atoms. The van der Waals surface area contributed by atoms with Crippen LogP contribution in [0.1, 0.15) is 34.3 Å². The number of hydrogen-bond donors (Lipinski definition) is 1. The fourth-order valence-corrected chi connectivity index (χ4v) is 3.23. The molecule has 0 aliphatic rings. The van der Waals surface area contributed by atoms with Gasteiger partial charge in [-0.3, -0.25) is 9.59 Å².